The van der Waals surface area contributed by atoms with Crippen molar-refractivity contribution >= 4 is 33.0 Å². The number of amides is 1. The molecule has 1 aliphatic rings. The van der Waals surface area contributed by atoms with Crippen LogP contribution in [0.3, 0.4) is 0 Å². The van der Waals surface area contributed by atoms with Crippen LogP contribution in [0.4, 0.5) is 4.79 Å². The molecule has 0 aliphatic heterocycles. The lowest BCUT2D eigenvalue weighted by Gasteiger charge is -2.22. The molecule has 0 fully saturated rings. The molecule has 8 nitrogen and oxygen atoms in total. The van der Waals surface area contributed by atoms with Gasteiger partial charge < -0.3 is 14.8 Å². The number of aromatic nitrogens is 1. The fraction of sp³-hybridized carbons (Fsp3) is 0.333. The maximum atomic E-state index is 13.5. The van der Waals surface area contributed by atoms with Gasteiger partial charge in [-0.25, -0.2) is 22.0 Å². The van der Waals surface area contributed by atoms with E-state index in [9.17, 15) is 18.0 Å². The number of rotatable bonds is 4. The summed E-state index contributed by atoms with van der Waals surface area (Å²) >= 11 is 0. The number of nitrogens with zero attached hydrogens (tertiary/aromatic N) is 1. The lowest BCUT2D eigenvalue weighted by atomic mass is 10.0. The first-order valence-corrected chi connectivity index (χ1v) is 12.0. The van der Waals surface area contributed by atoms with Crippen LogP contribution in [0.15, 0.2) is 53.4 Å². The number of carbonyl (C=O) groups is 2. The number of alkyl carbamates (subject to hydrolysis) is 1. The van der Waals surface area contributed by atoms with Crippen LogP contribution >= 0.6 is 0 Å². The number of aryl methyl sites for hydroxylation is 1. The van der Waals surface area contributed by atoms with E-state index >= 15 is 0 Å². The van der Waals surface area contributed by atoms with Gasteiger partial charge >= 0.3 is 12.1 Å². The van der Waals surface area contributed by atoms with Crippen LogP contribution in [-0.4, -0.2) is 37.2 Å². The highest BCUT2D eigenvalue weighted by molar-refractivity contribution is 7.90. The molecular formula is C24H26N2O6S. The summed E-state index contributed by atoms with van der Waals surface area (Å²) in [6, 6.07) is 12.7. The predicted molar refractivity (Wildman–Crippen MR) is 123 cm³/mol. The number of benzene rings is 2. The van der Waals surface area contributed by atoms with Gasteiger partial charge in [0.05, 0.1) is 23.6 Å². The summed E-state index contributed by atoms with van der Waals surface area (Å²) in [5.74, 6) is -0.749. The summed E-state index contributed by atoms with van der Waals surface area (Å²) in [6.45, 7) is 5.38. The third kappa shape index (κ3) is 4.20. The van der Waals surface area contributed by atoms with E-state index in [1.807, 2.05) is 0 Å². The Bertz CT molecular complexity index is 1340. The number of nitrogens with one attached hydrogen (secondary N) is 1. The molecule has 4 rings (SSSR count). The fourth-order valence-electron chi connectivity index (χ4n) is 4.19. The van der Waals surface area contributed by atoms with Gasteiger partial charge in [-0.1, -0.05) is 24.3 Å². The van der Waals surface area contributed by atoms with Gasteiger partial charge in [-0.2, -0.15) is 0 Å². The third-order valence-corrected chi connectivity index (χ3v) is 7.26. The third-order valence-electron chi connectivity index (χ3n) is 5.51. The summed E-state index contributed by atoms with van der Waals surface area (Å²) in [7, 11) is -2.84. The topological polar surface area (TPSA) is 104 Å². The summed E-state index contributed by atoms with van der Waals surface area (Å²) in [6.07, 6.45) is 0.737. The van der Waals surface area contributed by atoms with Gasteiger partial charge in [0.2, 0.25) is 0 Å². The molecule has 0 radical (unpaired) electrons. The van der Waals surface area contributed by atoms with Gasteiger partial charge in [0.15, 0.2) is 0 Å². The predicted octanol–water partition coefficient (Wildman–Crippen LogP) is 4.18. The molecule has 1 heterocycles. The second kappa shape index (κ2) is 8.22. The van der Waals surface area contributed by atoms with E-state index in [0.717, 1.165) is 15.1 Å². The Morgan fingerprint density at radius 3 is 2.42 bits per heavy atom. The van der Waals surface area contributed by atoms with Crippen molar-refractivity contribution in [2.24, 2.45) is 0 Å². The SMILES string of the molecule is COC(=O)c1cc2c3c(ccc2n1S(=O)(=O)c1ccccc1)C(NC(=O)OC(C)(C)C)CC3. The first-order chi connectivity index (χ1) is 15.5. The van der Waals surface area contributed by atoms with Gasteiger partial charge in [-0.3, -0.25) is 0 Å². The molecule has 1 atom stereocenters. The second-order valence-electron chi connectivity index (χ2n) is 8.91. The number of carbonyl (C=O) groups excluding carboxylic acids is 2. The number of fused-ring (bicyclic) bond motifs is 3. The molecule has 9 heteroatoms. The highest BCUT2D eigenvalue weighted by Crippen LogP contribution is 2.38. The molecule has 2 aromatic carbocycles. The Morgan fingerprint density at radius 2 is 1.79 bits per heavy atom. The van der Waals surface area contributed by atoms with Crippen molar-refractivity contribution < 1.29 is 27.5 Å². The number of hydrogen-bond acceptors (Lipinski definition) is 6. The first kappa shape index (κ1) is 22.8. The van der Waals surface area contributed by atoms with Gasteiger partial charge in [0, 0.05) is 5.39 Å². The van der Waals surface area contributed by atoms with Gasteiger partial charge in [-0.15, -0.1) is 0 Å². The molecule has 33 heavy (non-hydrogen) atoms. The molecule has 3 aromatic rings. The molecule has 1 amide bonds. The van der Waals surface area contributed by atoms with E-state index in [0.29, 0.717) is 23.7 Å². The van der Waals surface area contributed by atoms with E-state index in [-0.39, 0.29) is 16.6 Å². The number of hydrogen-bond donors (Lipinski definition) is 1. The van der Waals surface area contributed by atoms with Crippen molar-refractivity contribution in [3.8, 4) is 0 Å². The minimum Gasteiger partial charge on any atom is -0.464 e. The van der Waals surface area contributed by atoms with Crippen LogP contribution in [0.5, 0.6) is 0 Å². The number of ether oxygens (including phenoxy) is 2. The van der Waals surface area contributed by atoms with Crippen molar-refractivity contribution in [2.75, 3.05) is 7.11 Å². The summed E-state index contributed by atoms with van der Waals surface area (Å²) in [5, 5.41) is 3.53. The fourth-order valence-corrected chi connectivity index (χ4v) is 5.70. The van der Waals surface area contributed by atoms with Crippen LogP contribution in [0.1, 0.15) is 54.8 Å². The molecular weight excluding hydrogens is 444 g/mol. The minimum atomic E-state index is -4.05. The minimum absolute atomic E-state index is 0.0672. The Balaban J connectivity index is 1.82. The van der Waals surface area contributed by atoms with Gasteiger partial charge in [-0.05, 0) is 69.0 Å². The molecule has 0 bridgehead atoms. The smallest absolute Gasteiger partial charge is 0.408 e. The number of esters is 1. The van der Waals surface area contributed by atoms with Crippen LogP contribution in [0.25, 0.3) is 10.9 Å². The molecule has 1 aromatic heterocycles. The maximum absolute atomic E-state index is 13.5. The van der Waals surface area contributed by atoms with Crippen LogP contribution in [0.2, 0.25) is 0 Å². The van der Waals surface area contributed by atoms with Crippen LogP contribution in [0, 0.1) is 0 Å². The molecule has 174 valence electrons. The summed E-state index contributed by atoms with van der Waals surface area (Å²) < 4.78 is 38.2. The first-order valence-electron chi connectivity index (χ1n) is 10.6. The zero-order valence-corrected chi connectivity index (χ0v) is 19.7. The quantitative estimate of drug-likeness (QED) is 0.574. The van der Waals surface area contributed by atoms with Crippen molar-refractivity contribution in [3.05, 3.63) is 65.4 Å². The van der Waals surface area contributed by atoms with Crippen molar-refractivity contribution in [1.29, 1.82) is 0 Å². The molecule has 0 saturated heterocycles. The van der Waals surface area contributed by atoms with Gasteiger partial charge in [0.1, 0.15) is 11.3 Å². The monoisotopic (exact) mass is 470 g/mol. The average molecular weight is 471 g/mol. The van der Waals surface area contributed by atoms with Crippen molar-refractivity contribution in [3.63, 3.8) is 0 Å². The zero-order valence-electron chi connectivity index (χ0n) is 18.9. The number of methoxy groups -OCH3 is 1. The van der Waals surface area contributed by atoms with Crippen molar-refractivity contribution in [2.45, 2.75) is 50.2 Å². The average Bonchev–Trinajstić information content (AvgIpc) is 3.34. The van der Waals surface area contributed by atoms with Gasteiger partial charge in [0.25, 0.3) is 10.0 Å². The Hall–Kier alpha value is -3.33. The normalized spacial score (nSPS) is 15.8. The Labute approximate surface area is 192 Å². The Kier molecular flexibility index (Phi) is 5.69. The van der Waals surface area contributed by atoms with E-state index in [1.165, 1.54) is 19.2 Å². The lowest BCUT2D eigenvalue weighted by Crippen LogP contribution is -2.34. The van der Waals surface area contributed by atoms with E-state index in [1.54, 1.807) is 57.2 Å². The van der Waals surface area contributed by atoms with Crippen LogP contribution < -0.4 is 5.32 Å². The standard InChI is InChI=1S/C24H26N2O6S/c1-24(2,3)32-23(28)25-19-12-10-16-17(19)11-13-20-18(16)14-21(22(27)31-4)26(20)33(29,30)15-8-6-5-7-9-15/h5-9,11,13-14,19H,10,12H2,1-4H3,(H,25,28). The summed E-state index contributed by atoms with van der Waals surface area (Å²) in [5.41, 5.74) is 1.46. The lowest BCUT2D eigenvalue weighted by molar-refractivity contribution is 0.0502. The van der Waals surface area contributed by atoms with E-state index in [4.69, 9.17) is 9.47 Å². The Morgan fingerprint density at radius 1 is 1.09 bits per heavy atom. The van der Waals surface area contributed by atoms with E-state index < -0.39 is 27.7 Å². The molecule has 1 unspecified atom stereocenters. The van der Waals surface area contributed by atoms with Crippen LogP contribution in [-0.2, 0) is 25.9 Å². The molecule has 1 N–H and O–H groups in total. The second-order valence-corrected chi connectivity index (χ2v) is 10.7. The summed E-state index contributed by atoms with van der Waals surface area (Å²) in [4.78, 5) is 24.9. The zero-order chi connectivity index (χ0) is 24.0. The largest absolute Gasteiger partial charge is 0.464 e. The highest BCUT2D eigenvalue weighted by Gasteiger charge is 2.32. The molecule has 1 aliphatic carbocycles. The van der Waals surface area contributed by atoms with Crippen molar-refractivity contribution in [1.82, 2.24) is 9.29 Å². The van der Waals surface area contributed by atoms with E-state index in [2.05, 4.69) is 5.32 Å². The molecule has 0 spiro atoms. The highest BCUT2D eigenvalue weighted by atomic mass is 32.2. The maximum Gasteiger partial charge on any atom is 0.408 e. The molecule has 0 saturated carbocycles.